The van der Waals surface area contributed by atoms with Gasteiger partial charge in [0, 0.05) is 0 Å². The van der Waals surface area contributed by atoms with Gasteiger partial charge in [0.05, 0.1) is 5.56 Å². The van der Waals surface area contributed by atoms with Crippen LogP contribution in [0.4, 0.5) is 0 Å². The normalized spacial score (nSPS) is 43.1. The number of hydrazone groups is 1. The summed E-state index contributed by atoms with van der Waals surface area (Å²) < 4.78 is 0. The molecule has 3 fully saturated rings. The van der Waals surface area contributed by atoms with Crippen LogP contribution in [0.2, 0.25) is 0 Å². The predicted octanol–water partition coefficient (Wildman–Crippen LogP) is 3.54. The van der Waals surface area contributed by atoms with Crippen molar-refractivity contribution in [1.29, 1.82) is 0 Å². The Morgan fingerprint density at radius 1 is 1.24 bits per heavy atom. The summed E-state index contributed by atoms with van der Waals surface area (Å²) in [5, 5.41) is 15.6. The van der Waals surface area contributed by atoms with Crippen LogP contribution in [-0.2, 0) is 0 Å². The lowest BCUT2D eigenvalue weighted by molar-refractivity contribution is 0.192. The second-order valence-corrected chi connectivity index (χ2v) is 8.42. The summed E-state index contributed by atoms with van der Waals surface area (Å²) in [7, 11) is 0. The number of thioether (sulfide) groups is 1. The van der Waals surface area contributed by atoms with Gasteiger partial charge in [-0.15, -0.1) is 0 Å². The average molecular weight is 300 g/mol. The Balaban J connectivity index is 1.44. The number of para-hydroxylation sites is 1. The molecule has 0 radical (unpaired) electrons. The van der Waals surface area contributed by atoms with Gasteiger partial charge >= 0.3 is 0 Å². The highest BCUT2D eigenvalue weighted by Crippen LogP contribution is 2.66. The number of benzene rings is 1. The fourth-order valence-corrected chi connectivity index (χ4v) is 7.00. The number of phenols is 1. The van der Waals surface area contributed by atoms with Crippen LogP contribution >= 0.6 is 11.8 Å². The van der Waals surface area contributed by atoms with Gasteiger partial charge in [0.15, 0.2) is 0 Å². The zero-order valence-corrected chi connectivity index (χ0v) is 12.8. The first-order valence-corrected chi connectivity index (χ1v) is 8.91. The first-order valence-electron chi connectivity index (χ1n) is 8.09. The first kappa shape index (κ1) is 12.4. The highest BCUT2D eigenvalue weighted by molar-refractivity contribution is 8.15. The van der Waals surface area contributed by atoms with E-state index in [1.807, 2.05) is 30.0 Å². The zero-order valence-electron chi connectivity index (χ0n) is 12.0. The topological polar surface area (TPSA) is 44.6 Å². The molecule has 2 bridgehead atoms. The second kappa shape index (κ2) is 4.19. The van der Waals surface area contributed by atoms with Crippen molar-refractivity contribution in [2.24, 2.45) is 28.8 Å². The molecule has 5 atom stereocenters. The summed E-state index contributed by atoms with van der Waals surface area (Å²) in [6.07, 6.45) is 6.95. The fourth-order valence-electron chi connectivity index (χ4n) is 5.47. The van der Waals surface area contributed by atoms with Gasteiger partial charge in [0.25, 0.3) is 0 Å². The maximum Gasteiger partial charge on any atom is 0.129 e. The number of aromatic hydroxyl groups is 1. The summed E-state index contributed by atoms with van der Waals surface area (Å²) in [6, 6.07) is 7.55. The molecule has 2 N–H and O–H groups in total. The average Bonchev–Trinajstić information content (AvgIpc) is 3.22. The van der Waals surface area contributed by atoms with Crippen molar-refractivity contribution in [3.8, 4) is 5.75 Å². The van der Waals surface area contributed by atoms with Crippen molar-refractivity contribution in [2.45, 2.75) is 37.0 Å². The molecule has 3 aliphatic carbocycles. The van der Waals surface area contributed by atoms with E-state index in [0.29, 0.717) is 5.75 Å². The van der Waals surface area contributed by atoms with E-state index in [9.17, 15) is 5.11 Å². The van der Waals surface area contributed by atoms with E-state index in [1.54, 1.807) is 6.07 Å². The van der Waals surface area contributed by atoms with Crippen LogP contribution in [0.15, 0.2) is 29.4 Å². The van der Waals surface area contributed by atoms with E-state index in [4.69, 9.17) is 0 Å². The van der Waals surface area contributed by atoms with E-state index < -0.39 is 0 Å². The number of hydrogen-bond acceptors (Lipinski definition) is 4. The summed E-state index contributed by atoms with van der Waals surface area (Å²) in [4.78, 5) is 0.119. The zero-order chi connectivity index (χ0) is 14.0. The Labute approximate surface area is 129 Å². The summed E-state index contributed by atoms with van der Waals surface area (Å²) >= 11 is 1.88. The van der Waals surface area contributed by atoms with Crippen molar-refractivity contribution >= 4 is 16.8 Å². The van der Waals surface area contributed by atoms with Crippen molar-refractivity contribution in [2.75, 3.05) is 0 Å². The molecule has 1 spiro atoms. The van der Waals surface area contributed by atoms with Gasteiger partial charge in [-0.1, -0.05) is 30.3 Å². The molecule has 1 aromatic rings. The molecule has 4 aliphatic rings. The van der Waals surface area contributed by atoms with Gasteiger partial charge in [-0.3, -0.25) is 5.43 Å². The van der Waals surface area contributed by atoms with E-state index in [1.165, 1.54) is 32.1 Å². The molecule has 5 rings (SSSR count). The summed E-state index contributed by atoms with van der Waals surface area (Å²) in [6.45, 7) is 0. The Bertz CT molecular complexity index is 631. The highest BCUT2D eigenvalue weighted by Gasteiger charge is 2.63. The van der Waals surface area contributed by atoms with Gasteiger partial charge in [-0.25, -0.2) is 0 Å². The van der Waals surface area contributed by atoms with E-state index in [-0.39, 0.29) is 4.87 Å². The molecule has 1 heterocycles. The van der Waals surface area contributed by atoms with Crippen molar-refractivity contribution < 1.29 is 5.11 Å². The Morgan fingerprint density at radius 2 is 2.10 bits per heavy atom. The fraction of sp³-hybridized carbons (Fsp3) is 0.588. The van der Waals surface area contributed by atoms with Crippen LogP contribution in [0.3, 0.4) is 0 Å². The van der Waals surface area contributed by atoms with Crippen molar-refractivity contribution in [1.82, 2.24) is 5.43 Å². The van der Waals surface area contributed by atoms with Gasteiger partial charge < -0.3 is 5.11 Å². The standard InChI is InChI=1S/C17H20N2OS/c20-15-7-2-1-4-13(15)16-18-19-17(21-16)9-10-8-14(17)12-6-3-5-11(10)12/h1-2,4,7,10-12,14,19-20H,3,5-6,8-9H2. The largest absolute Gasteiger partial charge is 0.507 e. The molecule has 0 amide bonds. The molecule has 1 aromatic carbocycles. The molecule has 110 valence electrons. The minimum absolute atomic E-state index is 0.119. The molecule has 5 unspecified atom stereocenters. The van der Waals surface area contributed by atoms with Gasteiger partial charge in [-0.2, -0.15) is 5.10 Å². The molecule has 3 saturated carbocycles. The Kier molecular flexibility index (Phi) is 2.47. The molecular formula is C17H20N2OS. The smallest absolute Gasteiger partial charge is 0.129 e. The van der Waals surface area contributed by atoms with Crippen molar-refractivity contribution in [3.63, 3.8) is 0 Å². The van der Waals surface area contributed by atoms with Crippen LogP contribution in [0.5, 0.6) is 5.75 Å². The summed E-state index contributed by atoms with van der Waals surface area (Å²) in [5.74, 6) is 3.93. The van der Waals surface area contributed by atoms with Crippen LogP contribution in [-0.4, -0.2) is 15.0 Å². The molecule has 3 nitrogen and oxygen atoms in total. The van der Waals surface area contributed by atoms with Crippen LogP contribution in [0.25, 0.3) is 0 Å². The predicted molar refractivity (Wildman–Crippen MR) is 85.1 cm³/mol. The molecule has 21 heavy (non-hydrogen) atoms. The quantitative estimate of drug-likeness (QED) is 0.834. The van der Waals surface area contributed by atoms with Crippen molar-refractivity contribution in [3.05, 3.63) is 29.8 Å². The lowest BCUT2D eigenvalue weighted by Crippen LogP contribution is -2.45. The lowest BCUT2D eigenvalue weighted by Gasteiger charge is -2.38. The van der Waals surface area contributed by atoms with Crippen LogP contribution < -0.4 is 5.43 Å². The van der Waals surface area contributed by atoms with Gasteiger partial charge in [0.2, 0.25) is 0 Å². The maximum absolute atomic E-state index is 10.1. The molecule has 4 heteroatoms. The molecule has 0 saturated heterocycles. The monoisotopic (exact) mass is 300 g/mol. The number of hydrogen-bond donors (Lipinski definition) is 2. The number of nitrogens with one attached hydrogen (secondary N) is 1. The minimum Gasteiger partial charge on any atom is -0.507 e. The van der Waals surface area contributed by atoms with Gasteiger partial charge in [0.1, 0.15) is 15.7 Å². The first-order chi connectivity index (χ1) is 10.3. The second-order valence-electron chi connectivity index (χ2n) is 7.10. The third-order valence-corrected chi connectivity index (χ3v) is 7.66. The van der Waals surface area contributed by atoms with E-state index >= 15 is 0 Å². The van der Waals surface area contributed by atoms with Crippen LogP contribution in [0.1, 0.15) is 37.7 Å². The van der Waals surface area contributed by atoms with E-state index in [0.717, 1.165) is 34.3 Å². The third kappa shape index (κ3) is 1.60. The number of fused-ring (bicyclic) bond motifs is 6. The summed E-state index contributed by atoms with van der Waals surface area (Å²) in [5.41, 5.74) is 4.36. The van der Waals surface area contributed by atoms with Crippen LogP contribution in [0, 0.1) is 23.7 Å². The molecular weight excluding hydrogens is 280 g/mol. The third-order valence-electron chi connectivity index (χ3n) is 6.23. The van der Waals surface area contributed by atoms with E-state index in [2.05, 4.69) is 10.5 Å². The number of nitrogens with zero attached hydrogens (tertiary/aromatic N) is 1. The Morgan fingerprint density at radius 3 is 3.00 bits per heavy atom. The molecule has 1 aliphatic heterocycles. The number of rotatable bonds is 1. The van der Waals surface area contributed by atoms with Gasteiger partial charge in [-0.05, 0) is 61.5 Å². The lowest BCUT2D eigenvalue weighted by atomic mass is 9.79. The number of phenolic OH excluding ortho intramolecular Hbond substituents is 1. The molecule has 0 aromatic heterocycles. The minimum atomic E-state index is 0.119. The maximum atomic E-state index is 10.1. The highest BCUT2D eigenvalue weighted by atomic mass is 32.2. The Hall–Kier alpha value is -1.16. The SMILES string of the molecule is Oc1ccccc1C1=NNC2(CC3CC2C2CCCC32)S1.